The molecule has 7 heteroatoms. The first-order valence-corrected chi connectivity index (χ1v) is 6.18. The number of hydrogen-bond acceptors (Lipinski definition) is 4. The third-order valence-electron chi connectivity index (χ3n) is 2.01. The first-order valence-electron chi connectivity index (χ1n) is 5.10. The zero-order valence-corrected chi connectivity index (χ0v) is 11.8. The van der Waals surface area contributed by atoms with E-state index in [1.165, 1.54) is 15.7 Å². The van der Waals surface area contributed by atoms with Gasteiger partial charge in [0.15, 0.2) is 0 Å². The monoisotopic (exact) mass is 372 g/mol. The minimum Gasteiger partial charge on any atom is -0.258 e. The highest BCUT2D eigenvalue weighted by atomic mass is 127. The van der Waals surface area contributed by atoms with Crippen molar-refractivity contribution in [2.45, 2.75) is 0 Å². The highest BCUT2D eigenvalue weighted by Crippen LogP contribution is 2.24. The predicted molar refractivity (Wildman–Crippen MR) is 78.9 cm³/mol. The lowest BCUT2D eigenvalue weighted by molar-refractivity contribution is -0.422. The zero-order chi connectivity index (χ0) is 14.3. The highest BCUT2D eigenvalue weighted by Gasteiger charge is 2.21. The first-order chi connectivity index (χ1) is 9.02. The van der Waals surface area contributed by atoms with Crippen LogP contribution in [0, 0.1) is 23.8 Å². The average Bonchev–Trinajstić information content (AvgIpc) is 2.40. The molecule has 0 aliphatic heterocycles. The van der Waals surface area contributed by atoms with Gasteiger partial charge >= 0.3 is 11.4 Å². The minimum absolute atomic E-state index is 0.484. The topological polar surface area (TPSA) is 86.3 Å². The van der Waals surface area contributed by atoms with E-state index in [-0.39, 0.29) is 0 Å². The second-order valence-electron chi connectivity index (χ2n) is 3.30. The van der Waals surface area contributed by atoms with E-state index >= 15 is 0 Å². The molecule has 0 saturated carbocycles. The Labute approximate surface area is 122 Å². The predicted octanol–water partition coefficient (Wildman–Crippen LogP) is 3.79. The molecule has 0 fully saturated rings. The van der Waals surface area contributed by atoms with Crippen molar-refractivity contribution in [3.8, 4) is 0 Å². The number of hydrogen-bond donors (Lipinski definition) is 0. The van der Waals surface area contributed by atoms with Crippen LogP contribution in [0.4, 0.5) is 11.4 Å². The largest absolute Gasteiger partial charge is 0.346 e. The summed E-state index contributed by atoms with van der Waals surface area (Å²) in [7, 11) is 0. The van der Waals surface area contributed by atoms with Gasteiger partial charge in [-0.1, -0.05) is 30.3 Å². The van der Waals surface area contributed by atoms with Crippen LogP contribution >= 0.6 is 22.6 Å². The van der Waals surface area contributed by atoms with E-state index in [4.69, 9.17) is 0 Å². The molecule has 0 heterocycles. The third-order valence-corrected chi connectivity index (χ3v) is 2.73. The van der Waals surface area contributed by atoms with Crippen molar-refractivity contribution in [1.29, 1.82) is 0 Å². The molecular formula is C12H9IN2O4. The Morgan fingerprint density at radius 1 is 0.737 bits per heavy atom. The Bertz CT molecular complexity index is 542. The van der Waals surface area contributed by atoms with E-state index in [9.17, 15) is 20.2 Å². The van der Waals surface area contributed by atoms with Crippen molar-refractivity contribution in [1.82, 2.24) is 0 Å². The number of benzene rings is 2. The van der Waals surface area contributed by atoms with Crippen LogP contribution in [0.2, 0.25) is 0 Å². The van der Waals surface area contributed by atoms with E-state index in [0.29, 0.717) is 0 Å². The zero-order valence-electron chi connectivity index (χ0n) is 9.60. The molecule has 19 heavy (non-hydrogen) atoms. The Kier molecular flexibility index (Phi) is 5.86. The van der Waals surface area contributed by atoms with E-state index in [0.717, 1.165) is 12.1 Å². The van der Waals surface area contributed by atoms with Gasteiger partial charge in [-0.2, -0.15) is 0 Å². The Hall–Kier alpha value is -2.03. The molecule has 0 aliphatic carbocycles. The van der Waals surface area contributed by atoms with Gasteiger partial charge in [0.25, 0.3) is 0 Å². The molecule has 0 unspecified atom stereocenters. The summed E-state index contributed by atoms with van der Waals surface area (Å²) < 4.78 is 1.29. The van der Waals surface area contributed by atoms with Gasteiger partial charge in [-0.3, -0.25) is 20.2 Å². The second kappa shape index (κ2) is 7.41. The van der Waals surface area contributed by atoms with Crippen LogP contribution in [0.25, 0.3) is 0 Å². The molecular weight excluding hydrogens is 363 g/mol. The quantitative estimate of drug-likeness (QED) is 0.456. The molecule has 0 N–H and O–H groups in total. The SMILES string of the molecule is Ic1ccccc1.O=[N+]([O-])c1ccccc1[N+](=O)[O-]. The summed E-state index contributed by atoms with van der Waals surface area (Å²) in [4.78, 5) is 18.9. The molecule has 2 rings (SSSR count). The highest BCUT2D eigenvalue weighted by molar-refractivity contribution is 14.1. The number of nitro benzene ring substituents is 2. The van der Waals surface area contributed by atoms with Crippen LogP contribution < -0.4 is 0 Å². The second-order valence-corrected chi connectivity index (χ2v) is 4.54. The Morgan fingerprint density at radius 3 is 1.37 bits per heavy atom. The van der Waals surface area contributed by atoms with E-state index < -0.39 is 21.2 Å². The summed E-state index contributed by atoms with van der Waals surface area (Å²) in [5.74, 6) is 0. The average molecular weight is 372 g/mol. The fourth-order valence-electron chi connectivity index (χ4n) is 1.19. The number of halogens is 1. The first kappa shape index (κ1) is 15.0. The van der Waals surface area contributed by atoms with Crippen molar-refractivity contribution in [2.24, 2.45) is 0 Å². The van der Waals surface area contributed by atoms with Gasteiger partial charge < -0.3 is 0 Å². The molecule has 0 aromatic heterocycles. The van der Waals surface area contributed by atoms with Crippen molar-refractivity contribution in [3.63, 3.8) is 0 Å². The van der Waals surface area contributed by atoms with Crippen LogP contribution in [-0.2, 0) is 0 Å². The van der Waals surface area contributed by atoms with Crippen LogP contribution in [0.5, 0.6) is 0 Å². The summed E-state index contributed by atoms with van der Waals surface area (Å²) in [6.07, 6.45) is 0. The molecule has 0 spiro atoms. The maximum absolute atomic E-state index is 10.2. The lowest BCUT2D eigenvalue weighted by atomic mass is 10.3. The number of para-hydroxylation sites is 2. The van der Waals surface area contributed by atoms with Gasteiger partial charge in [-0.15, -0.1) is 0 Å². The van der Waals surface area contributed by atoms with Crippen LogP contribution in [-0.4, -0.2) is 9.85 Å². The molecule has 0 amide bonds. The maximum Gasteiger partial charge on any atom is 0.346 e. The van der Waals surface area contributed by atoms with Crippen molar-refractivity contribution >= 4 is 34.0 Å². The molecule has 0 saturated heterocycles. The number of rotatable bonds is 2. The van der Waals surface area contributed by atoms with E-state index in [1.54, 1.807) is 0 Å². The van der Waals surface area contributed by atoms with E-state index in [2.05, 4.69) is 34.7 Å². The lowest BCUT2D eigenvalue weighted by Crippen LogP contribution is -1.95. The van der Waals surface area contributed by atoms with Crippen LogP contribution in [0.15, 0.2) is 54.6 Å². The van der Waals surface area contributed by atoms with Gasteiger partial charge in [0.05, 0.1) is 9.85 Å². The Balaban J connectivity index is 0.000000218. The molecule has 2 aromatic rings. The molecule has 98 valence electrons. The van der Waals surface area contributed by atoms with Crippen molar-refractivity contribution in [3.05, 3.63) is 78.4 Å². The number of nitro groups is 2. The maximum atomic E-state index is 10.2. The van der Waals surface area contributed by atoms with Gasteiger partial charge in [0, 0.05) is 15.7 Å². The van der Waals surface area contributed by atoms with E-state index in [1.807, 2.05) is 18.2 Å². The van der Waals surface area contributed by atoms with Crippen LogP contribution in [0.1, 0.15) is 0 Å². The summed E-state index contributed by atoms with van der Waals surface area (Å²) in [5.41, 5.74) is -0.968. The summed E-state index contributed by atoms with van der Waals surface area (Å²) >= 11 is 2.28. The van der Waals surface area contributed by atoms with Gasteiger partial charge in [-0.25, -0.2) is 0 Å². The van der Waals surface area contributed by atoms with Gasteiger partial charge in [0.1, 0.15) is 0 Å². The third kappa shape index (κ3) is 5.00. The molecule has 2 aromatic carbocycles. The lowest BCUT2D eigenvalue weighted by Gasteiger charge is -1.91. The molecule has 0 radical (unpaired) electrons. The van der Waals surface area contributed by atoms with Gasteiger partial charge in [0.2, 0.25) is 0 Å². The van der Waals surface area contributed by atoms with Crippen LogP contribution in [0.3, 0.4) is 0 Å². The summed E-state index contributed by atoms with van der Waals surface area (Å²) in [6.45, 7) is 0. The molecule has 6 nitrogen and oxygen atoms in total. The van der Waals surface area contributed by atoms with Gasteiger partial charge in [-0.05, 0) is 34.7 Å². The van der Waals surface area contributed by atoms with Crippen molar-refractivity contribution < 1.29 is 9.85 Å². The standard InChI is InChI=1S/C6H5I.C6H4N2O4/c7-6-4-2-1-3-5-6;9-7(10)5-3-1-2-4-6(5)8(11)12/h1-5H;1-4H. The fraction of sp³-hybridized carbons (Fsp3) is 0. The molecule has 0 bridgehead atoms. The van der Waals surface area contributed by atoms with Crippen molar-refractivity contribution in [2.75, 3.05) is 0 Å². The number of nitrogens with zero attached hydrogens (tertiary/aromatic N) is 2. The normalized spacial score (nSPS) is 9.11. The molecule has 0 atom stereocenters. The fourth-order valence-corrected chi connectivity index (χ4v) is 1.60. The summed E-state index contributed by atoms with van der Waals surface area (Å²) in [6, 6.07) is 15.2. The minimum atomic E-state index is -0.780. The smallest absolute Gasteiger partial charge is 0.258 e. The molecule has 0 aliphatic rings. The summed E-state index contributed by atoms with van der Waals surface area (Å²) in [5, 5.41) is 20.5. The Morgan fingerprint density at radius 2 is 1.11 bits per heavy atom.